The highest BCUT2D eigenvalue weighted by atomic mass is 16.5. The van der Waals surface area contributed by atoms with Crippen molar-refractivity contribution in [2.24, 2.45) is 0 Å². The molecule has 0 spiro atoms. The van der Waals surface area contributed by atoms with E-state index < -0.39 is 5.97 Å². The third-order valence-electron chi connectivity index (χ3n) is 4.28. The summed E-state index contributed by atoms with van der Waals surface area (Å²) in [5.41, 5.74) is -0.270. The Bertz CT molecular complexity index is 332. The maximum atomic E-state index is 12.3. The van der Waals surface area contributed by atoms with Crippen LogP contribution in [0.5, 0.6) is 0 Å². The van der Waals surface area contributed by atoms with Gasteiger partial charge in [-0.25, -0.2) is 0 Å². The fraction of sp³-hybridized carbons (Fsp3) is 0.846. The highest BCUT2D eigenvalue weighted by Gasteiger charge is 2.41. The van der Waals surface area contributed by atoms with Gasteiger partial charge in [-0.2, -0.15) is 0 Å². The van der Waals surface area contributed by atoms with Crippen LogP contribution in [-0.4, -0.2) is 47.2 Å². The zero-order chi connectivity index (χ0) is 13.2. The first kappa shape index (κ1) is 13.3. The lowest BCUT2D eigenvalue weighted by atomic mass is 9.77. The number of rotatable bonds is 5. The highest BCUT2D eigenvalue weighted by molar-refractivity contribution is 5.79. The molecule has 1 atom stereocenters. The van der Waals surface area contributed by atoms with Crippen molar-refractivity contribution in [3.63, 3.8) is 0 Å². The van der Waals surface area contributed by atoms with Gasteiger partial charge in [0.1, 0.15) is 0 Å². The molecule has 0 aromatic rings. The Morgan fingerprint density at radius 3 is 2.61 bits per heavy atom. The maximum Gasteiger partial charge on any atom is 0.305 e. The predicted molar refractivity (Wildman–Crippen MR) is 65.2 cm³/mol. The molecule has 1 aliphatic heterocycles. The number of hydrogen-bond acceptors (Lipinski definition) is 3. The van der Waals surface area contributed by atoms with E-state index in [0.29, 0.717) is 13.0 Å². The van der Waals surface area contributed by atoms with E-state index in [1.165, 1.54) is 0 Å². The van der Waals surface area contributed by atoms with E-state index in [1.807, 2.05) is 0 Å². The smallest absolute Gasteiger partial charge is 0.305 e. The minimum atomic E-state index is -0.829. The second kappa shape index (κ2) is 5.26. The van der Waals surface area contributed by atoms with Gasteiger partial charge in [0, 0.05) is 19.7 Å². The van der Waals surface area contributed by atoms with Crippen molar-refractivity contribution in [2.75, 3.05) is 13.7 Å². The summed E-state index contributed by atoms with van der Waals surface area (Å²) in [6.07, 6.45) is 5.16. The van der Waals surface area contributed by atoms with Crippen molar-refractivity contribution in [3.05, 3.63) is 0 Å². The number of methoxy groups -OCH3 is 1. The van der Waals surface area contributed by atoms with Crippen molar-refractivity contribution < 1.29 is 19.4 Å². The average Bonchev–Trinajstić information content (AvgIpc) is 2.70. The first-order valence-corrected chi connectivity index (χ1v) is 6.63. The van der Waals surface area contributed by atoms with Crippen LogP contribution in [0.25, 0.3) is 0 Å². The summed E-state index contributed by atoms with van der Waals surface area (Å²) < 4.78 is 5.46. The Hall–Kier alpha value is -1.10. The molecule has 18 heavy (non-hydrogen) atoms. The Labute approximate surface area is 107 Å². The predicted octanol–water partition coefficient (Wildman–Crippen LogP) is 1.41. The quantitative estimate of drug-likeness (QED) is 0.806. The Morgan fingerprint density at radius 1 is 1.39 bits per heavy atom. The summed E-state index contributed by atoms with van der Waals surface area (Å²) in [5.74, 6) is -0.773. The number of amides is 1. The molecule has 0 unspecified atom stereocenters. The summed E-state index contributed by atoms with van der Waals surface area (Å²) in [6.45, 7) is 0.691. The molecule has 1 heterocycles. The van der Waals surface area contributed by atoms with Gasteiger partial charge >= 0.3 is 5.97 Å². The number of carbonyl (C=O) groups is 2. The third kappa shape index (κ3) is 2.66. The van der Waals surface area contributed by atoms with Crippen LogP contribution in [0, 0.1) is 0 Å². The molecule has 1 N–H and O–H groups in total. The van der Waals surface area contributed by atoms with Gasteiger partial charge in [0.05, 0.1) is 18.4 Å². The van der Waals surface area contributed by atoms with Gasteiger partial charge in [-0.15, -0.1) is 0 Å². The van der Waals surface area contributed by atoms with Crippen molar-refractivity contribution in [2.45, 2.75) is 56.6 Å². The monoisotopic (exact) mass is 255 g/mol. The van der Waals surface area contributed by atoms with Crippen LogP contribution in [0.1, 0.15) is 44.9 Å². The first-order valence-electron chi connectivity index (χ1n) is 6.63. The molecular weight excluding hydrogens is 234 g/mol. The Kier molecular flexibility index (Phi) is 3.90. The van der Waals surface area contributed by atoms with E-state index in [2.05, 4.69) is 0 Å². The molecule has 1 saturated carbocycles. The van der Waals surface area contributed by atoms with Crippen LogP contribution in [0.2, 0.25) is 0 Å². The molecule has 0 bridgehead atoms. The van der Waals surface area contributed by atoms with Crippen molar-refractivity contribution >= 4 is 11.9 Å². The molecule has 0 aromatic carbocycles. The summed E-state index contributed by atoms with van der Waals surface area (Å²) in [7, 11) is 1.66. The molecule has 5 heteroatoms. The van der Waals surface area contributed by atoms with E-state index in [4.69, 9.17) is 9.84 Å². The second-order valence-electron chi connectivity index (χ2n) is 5.40. The number of hydrogen-bond donors (Lipinski definition) is 1. The lowest BCUT2D eigenvalue weighted by Crippen LogP contribution is -2.46. The number of carboxylic acids is 1. The SMILES string of the molecule is COC1(CC(=O)N2CCC[C@H]2CC(=O)O)CCC1. The van der Waals surface area contributed by atoms with Crippen LogP contribution in [0.15, 0.2) is 0 Å². The van der Waals surface area contributed by atoms with E-state index in [1.54, 1.807) is 12.0 Å². The lowest BCUT2D eigenvalue weighted by Gasteiger charge is -2.41. The summed E-state index contributed by atoms with van der Waals surface area (Å²) >= 11 is 0. The van der Waals surface area contributed by atoms with Crippen LogP contribution < -0.4 is 0 Å². The van der Waals surface area contributed by atoms with Gasteiger partial charge in [-0.3, -0.25) is 9.59 Å². The standard InChI is InChI=1S/C13H21NO4/c1-18-13(5-3-6-13)9-11(15)14-7-2-4-10(14)8-12(16)17/h10H,2-9H2,1H3,(H,16,17)/t10-/m0/s1. The zero-order valence-corrected chi connectivity index (χ0v) is 10.9. The van der Waals surface area contributed by atoms with Crippen LogP contribution >= 0.6 is 0 Å². The van der Waals surface area contributed by atoms with Gasteiger partial charge < -0.3 is 14.7 Å². The van der Waals surface area contributed by atoms with Gasteiger partial charge in [0.25, 0.3) is 0 Å². The fourth-order valence-corrected chi connectivity index (χ4v) is 2.98. The lowest BCUT2D eigenvalue weighted by molar-refractivity contribution is -0.146. The minimum Gasteiger partial charge on any atom is -0.481 e. The van der Waals surface area contributed by atoms with Gasteiger partial charge in [0.15, 0.2) is 0 Å². The molecule has 102 valence electrons. The first-order chi connectivity index (χ1) is 8.56. The molecular formula is C13H21NO4. The van der Waals surface area contributed by atoms with E-state index in [0.717, 1.165) is 32.1 Å². The molecule has 1 saturated heterocycles. The van der Waals surface area contributed by atoms with Gasteiger partial charge in [-0.1, -0.05) is 0 Å². The van der Waals surface area contributed by atoms with Gasteiger partial charge in [-0.05, 0) is 32.1 Å². The third-order valence-corrected chi connectivity index (χ3v) is 4.28. The highest BCUT2D eigenvalue weighted by Crippen LogP contribution is 2.39. The van der Waals surface area contributed by atoms with E-state index in [-0.39, 0.29) is 24.0 Å². The summed E-state index contributed by atoms with van der Waals surface area (Å²) in [4.78, 5) is 24.8. The second-order valence-corrected chi connectivity index (χ2v) is 5.40. The van der Waals surface area contributed by atoms with Crippen LogP contribution in [0.3, 0.4) is 0 Å². The van der Waals surface area contributed by atoms with Gasteiger partial charge in [0.2, 0.25) is 5.91 Å². The summed E-state index contributed by atoms with van der Waals surface area (Å²) in [5, 5.41) is 8.85. The van der Waals surface area contributed by atoms with Crippen molar-refractivity contribution in [1.29, 1.82) is 0 Å². The van der Waals surface area contributed by atoms with Crippen molar-refractivity contribution in [1.82, 2.24) is 4.90 Å². The van der Waals surface area contributed by atoms with Crippen LogP contribution in [0.4, 0.5) is 0 Å². The number of carboxylic acid groups (broad SMARTS) is 1. The minimum absolute atomic E-state index is 0.0558. The van der Waals surface area contributed by atoms with E-state index >= 15 is 0 Å². The number of aliphatic carboxylic acids is 1. The molecule has 2 aliphatic rings. The Balaban J connectivity index is 1.93. The number of likely N-dealkylation sites (tertiary alicyclic amines) is 1. The molecule has 5 nitrogen and oxygen atoms in total. The Morgan fingerprint density at radius 2 is 2.11 bits per heavy atom. The zero-order valence-electron chi connectivity index (χ0n) is 10.9. The van der Waals surface area contributed by atoms with Crippen LogP contribution in [-0.2, 0) is 14.3 Å². The largest absolute Gasteiger partial charge is 0.481 e. The maximum absolute atomic E-state index is 12.3. The summed E-state index contributed by atoms with van der Waals surface area (Å²) in [6, 6.07) is -0.121. The van der Waals surface area contributed by atoms with E-state index in [9.17, 15) is 9.59 Å². The molecule has 0 aromatic heterocycles. The normalized spacial score (nSPS) is 25.8. The average molecular weight is 255 g/mol. The number of ether oxygens (including phenoxy) is 1. The molecule has 1 amide bonds. The fourth-order valence-electron chi connectivity index (χ4n) is 2.98. The molecule has 2 rings (SSSR count). The molecule has 0 radical (unpaired) electrons. The number of nitrogens with zero attached hydrogens (tertiary/aromatic N) is 1. The molecule has 1 aliphatic carbocycles. The topological polar surface area (TPSA) is 66.8 Å². The van der Waals surface area contributed by atoms with Crippen molar-refractivity contribution in [3.8, 4) is 0 Å². The number of carbonyl (C=O) groups excluding carboxylic acids is 1. The molecule has 2 fully saturated rings.